The van der Waals surface area contributed by atoms with E-state index in [-0.39, 0.29) is 5.75 Å². The smallest absolute Gasteiger partial charge is 0.215 e. The number of sulfonamides is 1. The topological polar surface area (TPSA) is 64.0 Å². The number of hydrogen-bond donors (Lipinski definition) is 1. The van der Waals surface area contributed by atoms with Crippen LogP contribution in [0.1, 0.15) is 54.5 Å². The first kappa shape index (κ1) is 15.8. The predicted octanol–water partition coefficient (Wildman–Crippen LogP) is 2.76. The second kappa shape index (κ2) is 6.33. The molecule has 2 aromatic rings. The van der Waals surface area contributed by atoms with E-state index >= 15 is 0 Å². The summed E-state index contributed by atoms with van der Waals surface area (Å²) in [6.07, 6.45) is 4.95. The number of hydrogen-bond acceptors (Lipinski definition) is 3. The van der Waals surface area contributed by atoms with E-state index < -0.39 is 10.0 Å². The Kier molecular flexibility index (Phi) is 4.18. The van der Waals surface area contributed by atoms with Gasteiger partial charge in [0, 0.05) is 24.1 Å². The summed E-state index contributed by atoms with van der Waals surface area (Å²) in [4.78, 5) is 0. The van der Waals surface area contributed by atoms with E-state index in [4.69, 9.17) is 5.10 Å². The molecule has 0 unspecified atom stereocenters. The molecule has 0 atom stereocenters. The van der Waals surface area contributed by atoms with E-state index in [1.807, 2.05) is 35.0 Å². The van der Waals surface area contributed by atoms with E-state index in [0.717, 1.165) is 5.56 Å². The van der Waals surface area contributed by atoms with Gasteiger partial charge in [0.2, 0.25) is 10.0 Å². The molecular formula is C18H23N3O2S. The predicted molar refractivity (Wildman–Crippen MR) is 93.2 cm³/mol. The maximum absolute atomic E-state index is 12.2. The Balaban J connectivity index is 1.36. The van der Waals surface area contributed by atoms with E-state index in [1.165, 1.54) is 37.1 Å². The summed E-state index contributed by atoms with van der Waals surface area (Å²) in [5.74, 6) is 1.29. The molecule has 1 N–H and O–H groups in total. The van der Waals surface area contributed by atoms with Crippen molar-refractivity contribution < 1.29 is 8.42 Å². The minimum Gasteiger partial charge on any atom is -0.268 e. The minimum atomic E-state index is -3.31. The van der Waals surface area contributed by atoms with Crippen LogP contribution in [0.3, 0.4) is 0 Å². The van der Waals surface area contributed by atoms with Gasteiger partial charge < -0.3 is 0 Å². The molecule has 2 saturated carbocycles. The van der Waals surface area contributed by atoms with Crippen LogP contribution in [-0.4, -0.2) is 24.7 Å². The SMILES string of the molecule is O=S(=O)(Cc1ccccc1)NCCn1nc(C2CC2)cc1C1CC1. The molecule has 5 nitrogen and oxygen atoms in total. The van der Waals surface area contributed by atoms with Crippen LogP contribution in [-0.2, 0) is 22.3 Å². The van der Waals surface area contributed by atoms with Gasteiger partial charge in [-0.3, -0.25) is 4.68 Å². The first-order valence-electron chi connectivity index (χ1n) is 8.70. The Morgan fingerprint density at radius 1 is 1.08 bits per heavy atom. The molecule has 2 fully saturated rings. The highest BCUT2D eigenvalue weighted by Gasteiger charge is 2.32. The normalized spacial score (nSPS) is 18.0. The number of nitrogens with zero attached hydrogens (tertiary/aromatic N) is 2. The average molecular weight is 345 g/mol. The van der Waals surface area contributed by atoms with Crippen molar-refractivity contribution in [1.29, 1.82) is 0 Å². The van der Waals surface area contributed by atoms with E-state index in [2.05, 4.69) is 10.8 Å². The van der Waals surface area contributed by atoms with Crippen LogP contribution in [0.15, 0.2) is 36.4 Å². The van der Waals surface area contributed by atoms with Gasteiger partial charge in [0.1, 0.15) is 0 Å². The Morgan fingerprint density at radius 2 is 1.79 bits per heavy atom. The maximum Gasteiger partial charge on any atom is 0.215 e. The van der Waals surface area contributed by atoms with Gasteiger partial charge in [0.05, 0.1) is 18.0 Å². The van der Waals surface area contributed by atoms with Crippen molar-refractivity contribution in [1.82, 2.24) is 14.5 Å². The lowest BCUT2D eigenvalue weighted by atomic mass is 10.2. The van der Waals surface area contributed by atoms with Crippen LogP contribution >= 0.6 is 0 Å². The first-order valence-corrected chi connectivity index (χ1v) is 10.3. The average Bonchev–Trinajstić information content (AvgIpc) is 3.47. The molecule has 4 rings (SSSR count). The van der Waals surface area contributed by atoms with Gasteiger partial charge >= 0.3 is 0 Å². The van der Waals surface area contributed by atoms with Crippen LogP contribution < -0.4 is 4.72 Å². The molecule has 0 amide bonds. The second-order valence-corrected chi connectivity index (χ2v) is 8.71. The summed E-state index contributed by atoms with van der Waals surface area (Å²) in [7, 11) is -3.31. The molecule has 0 radical (unpaired) electrons. The molecular weight excluding hydrogens is 322 g/mol. The first-order chi connectivity index (χ1) is 11.6. The van der Waals surface area contributed by atoms with Crippen LogP contribution in [0.2, 0.25) is 0 Å². The lowest BCUT2D eigenvalue weighted by Gasteiger charge is -2.09. The van der Waals surface area contributed by atoms with Crippen LogP contribution in [0, 0.1) is 0 Å². The largest absolute Gasteiger partial charge is 0.268 e. The molecule has 1 heterocycles. The highest BCUT2D eigenvalue weighted by atomic mass is 32.2. The lowest BCUT2D eigenvalue weighted by molar-refractivity contribution is 0.547. The third-order valence-corrected chi connectivity index (χ3v) is 6.02. The van der Waals surface area contributed by atoms with Gasteiger partial charge in [0.25, 0.3) is 0 Å². The fourth-order valence-corrected chi connectivity index (χ4v) is 4.20. The summed E-state index contributed by atoms with van der Waals surface area (Å²) in [6.45, 7) is 0.993. The van der Waals surface area contributed by atoms with E-state index in [9.17, 15) is 8.42 Å². The monoisotopic (exact) mass is 345 g/mol. The summed E-state index contributed by atoms with van der Waals surface area (Å²) in [5.41, 5.74) is 3.29. The summed E-state index contributed by atoms with van der Waals surface area (Å²) in [6, 6.07) is 11.5. The molecule has 0 spiro atoms. The maximum atomic E-state index is 12.2. The molecule has 0 bridgehead atoms. The molecule has 0 saturated heterocycles. The van der Waals surface area contributed by atoms with Gasteiger partial charge in [0.15, 0.2) is 0 Å². The fourth-order valence-electron chi connectivity index (χ4n) is 3.07. The summed E-state index contributed by atoms with van der Waals surface area (Å²) < 4.78 is 29.1. The zero-order valence-electron chi connectivity index (χ0n) is 13.7. The Bertz CT molecular complexity index is 806. The van der Waals surface area contributed by atoms with Crippen molar-refractivity contribution in [3.63, 3.8) is 0 Å². The number of aromatic nitrogens is 2. The molecule has 24 heavy (non-hydrogen) atoms. The van der Waals surface area contributed by atoms with Crippen molar-refractivity contribution in [3.05, 3.63) is 53.3 Å². The Morgan fingerprint density at radius 3 is 2.46 bits per heavy atom. The van der Waals surface area contributed by atoms with E-state index in [0.29, 0.717) is 24.9 Å². The summed E-state index contributed by atoms with van der Waals surface area (Å²) >= 11 is 0. The van der Waals surface area contributed by atoms with Crippen molar-refractivity contribution >= 4 is 10.0 Å². The third-order valence-electron chi connectivity index (χ3n) is 4.67. The van der Waals surface area contributed by atoms with Crippen molar-refractivity contribution in [2.45, 2.75) is 49.8 Å². The quantitative estimate of drug-likeness (QED) is 0.800. The van der Waals surface area contributed by atoms with Crippen LogP contribution in [0.25, 0.3) is 0 Å². The van der Waals surface area contributed by atoms with Gasteiger partial charge in [-0.15, -0.1) is 0 Å². The molecule has 6 heteroatoms. The number of rotatable bonds is 8. The highest BCUT2D eigenvalue weighted by Crippen LogP contribution is 2.44. The zero-order chi connectivity index (χ0) is 16.6. The Hall–Kier alpha value is -1.66. The zero-order valence-corrected chi connectivity index (χ0v) is 14.5. The number of benzene rings is 1. The minimum absolute atomic E-state index is 0.0236. The van der Waals surface area contributed by atoms with Crippen molar-refractivity contribution in [2.75, 3.05) is 6.54 Å². The lowest BCUT2D eigenvalue weighted by Crippen LogP contribution is -2.29. The standard InChI is InChI=1S/C18H23N3O2S/c22-24(23,13-14-4-2-1-3-5-14)19-10-11-21-18(16-8-9-16)12-17(20-21)15-6-7-15/h1-5,12,15-16,19H,6-11,13H2. The van der Waals surface area contributed by atoms with Gasteiger partial charge in [-0.2, -0.15) is 5.10 Å². The van der Waals surface area contributed by atoms with E-state index in [1.54, 1.807) is 0 Å². The highest BCUT2D eigenvalue weighted by molar-refractivity contribution is 7.88. The third kappa shape index (κ3) is 3.87. The molecule has 2 aliphatic carbocycles. The second-order valence-electron chi connectivity index (χ2n) is 6.90. The molecule has 1 aromatic heterocycles. The van der Waals surface area contributed by atoms with Crippen molar-refractivity contribution in [3.8, 4) is 0 Å². The van der Waals surface area contributed by atoms with Gasteiger partial charge in [-0.05, 0) is 37.3 Å². The summed E-state index contributed by atoms with van der Waals surface area (Å²) in [5, 5.41) is 4.72. The molecule has 128 valence electrons. The number of nitrogens with one attached hydrogen (secondary N) is 1. The van der Waals surface area contributed by atoms with Crippen molar-refractivity contribution in [2.24, 2.45) is 0 Å². The van der Waals surface area contributed by atoms with Gasteiger partial charge in [-0.1, -0.05) is 30.3 Å². The molecule has 0 aliphatic heterocycles. The fraction of sp³-hybridized carbons (Fsp3) is 0.500. The molecule has 1 aromatic carbocycles. The Labute approximate surface area is 143 Å². The van der Waals surface area contributed by atoms with Crippen LogP contribution in [0.4, 0.5) is 0 Å². The van der Waals surface area contributed by atoms with Gasteiger partial charge in [-0.25, -0.2) is 13.1 Å². The van der Waals surface area contributed by atoms with Crippen LogP contribution in [0.5, 0.6) is 0 Å². The molecule has 2 aliphatic rings.